The Morgan fingerprint density at radius 3 is 2.48 bits per heavy atom. The van der Waals surface area contributed by atoms with Gasteiger partial charge in [0, 0.05) is 6.54 Å². The lowest BCUT2D eigenvalue weighted by Gasteiger charge is -2.17. The van der Waals surface area contributed by atoms with Gasteiger partial charge in [0.05, 0.1) is 6.04 Å². The molecule has 0 bridgehead atoms. The van der Waals surface area contributed by atoms with Crippen LogP contribution in [0, 0.1) is 0 Å². The third kappa shape index (κ3) is 6.40. The summed E-state index contributed by atoms with van der Waals surface area (Å²) in [5, 5.41) is 5.39. The first kappa shape index (κ1) is 17.2. The molecule has 2 atom stereocenters. The van der Waals surface area contributed by atoms with Crippen LogP contribution in [0.3, 0.4) is 0 Å². The fourth-order valence-electron chi connectivity index (χ4n) is 1.89. The highest BCUT2D eigenvalue weighted by molar-refractivity contribution is 5.89. The van der Waals surface area contributed by atoms with E-state index in [1.165, 1.54) is 0 Å². The summed E-state index contributed by atoms with van der Waals surface area (Å²) < 4.78 is 0. The fraction of sp³-hybridized carbons (Fsp3) is 0.500. The van der Waals surface area contributed by atoms with Crippen molar-refractivity contribution in [3.63, 3.8) is 0 Å². The average Bonchev–Trinajstić information content (AvgIpc) is 2.50. The summed E-state index contributed by atoms with van der Waals surface area (Å²) in [5.74, 6) is -0.467. The van der Waals surface area contributed by atoms with Gasteiger partial charge in [-0.25, -0.2) is 0 Å². The van der Waals surface area contributed by atoms with E-state index in [-0.39, 0.29) is 11.8 Å². The number of carbonyl (C=O) groups excluding carboxylic acids is 2. The molecule has 0 aliphatic rings. The minimum atomic E-state index is -0.605. The predicted octanol–water partition coefficient (Wildman–Crippen LogP) is 0.977. The van der Waals surface area contributed by atoms with Crippen molar-refractivity contribution < 1.29 is 9.59 Å². The van der Waals surface area contributed by atoms with Crippen LogP contribution in [0.5, 0.6) is 0 Å². The van der Waals surface area contributed by atoms with E-state index in [2.05, 4.69) is 10.6 Å². The molecule has 2 amide bonds. The van der Waals surface area contributed by atoms with Crippen molar-refractivity contribution in [3.05, 3.63) is 35.9 Å². The van der Waals surface area contributed by atoms with Crippen LogP contribution in [-0.4, -0.2) is 30.4 Å². The molecular weight excluding hydrogens is 266 g/mol. The molecule has 4 N–H and O–H groups in total. The Morgan fingerprint density at radius 1 is 1.19 bits per heavy atom. The molecule has 21 heavy (non-hydrogen) atoms. The van der Waals surface area contributed by atoms with Gasteiger partial charge in [0.1, 0.15) is 6.04 Å². The Balaban J connectivity index is 2.35. The highest BCUT2D eigenvalue weighted by atomic mass is 16.2. The zero-order valence-electron chi connectivity index (χ0n) is 12.8. The van der Waals surface area contributed by atoms with Crippen molar-refractivity contribution in [2.24, 2.45) is 5.73 Å². The number of nitrogens with one attached hydrogen (secondary N) is 2. The smallest absolute Gasteiger partial charge is 0.242 e. The van der Waals surface area contributed by atoms with Gasteiger partial charge < -0.3 is 16.4 Å². The topological polar surface area (TPSA) is 84.2 Å². The van der Waals surface area contributed by atoms with Gasteiger partial charge in [-0.3, -0.25) is 9.59 Å². The molecule has 1 rings (SSSR count). The van der Waals surface area contributed by atoms with Gasteiger partial charge in [0.25, 0.3) is 0 Å². The van der Waals surface area contributed by atoms with Crippen molar-refractivity contribution in [2.75, 3.05) is 6.54 Å². The summed E-state index contributed by atoms with van der Waals surface area (Å²) in [5.41, 5.74) is 7.02. The summed E-state index contributed by atoms with van der Waals surface area (Å²) in [6.45, 7) is 4.24. The Kier molecular flexibility index (Phi) is 7.46. The molecule has 0 aromatic heterocycles. The first-order chi connectivity index (χ1) is 10.0. The summed E-state index contributed by atoms with van der Waals surface area (Å²) in [4.78, 5) is 23.6. The Bertz CT molecular complexity index is 448. The van der Waals surface area contributed by atoms with Gasteiger partial charge in [0.2, 0.25) is 11.8 Å². The molecule has 1 aromatic rings. The van der Waals surface area contributed by atoms with Crippen molar-refractivity contribution in [1.29, 1.82) is 0 Å². The Hall–Kier alpha value is -1.88. The van der Waals surface area contributed by atoms with E-state index in [0.29, 0.717) is 13.0 Å². The van der Waals surface area contributed by atoms with Crippen LogP contribution in [0.2, 0.25) is 0 Å². The van der Waals surface area contributed by atoms with E-state index in [9.17, 15) is 9.59 Å². The lowest BCUT2D eigenvalue weighted by atomic mass is 10.1. The van der Waals surface area contributed by atoms with E-state index in [1.54, 1.807) is 6.92 Å². The van der Waals surface area contributed by atoms with Crippen molar-refractivity contribution >= 4 is 11.8 Å². The third-order valence-corrected chi connectivity index (χ3v) is 3.22. The van der Waals surface area contributed by atoms with Crippen LogP contribution in [0.15, 0.2) is 30.3 Å². The maximum absolute atomic E-state index is 11.9. The summed E-state index contributed by atoms with van der Waals surface area (Å²) in [7, 11) is 0. The second-order valence-electron chi connectivity index (χ2n) is 5.15. The SMILES string of the molecule is CCCNC(=O)C(C)NC(=O)[C@@H](N)CCc1ccccc1. The molecule has 0 saturated heterocycles. The number of carbonyl (C=O) groups is 2. The second-order valence-corrected chi connectivity index (χ2v) is 5.15. The lowest BCUT2D eigenvalue weighted by Crippen LogP contribution is -2.50. The summed E-state index contributed by atoms with van der Waals surface area (Å²) >= 11 is 0. The van der Waals surface area contributed by atoms with Gasteiger partial charge in [-0.15, -0.1) is 0 Å². The highest BCUT2D eigenvalue weighted by Gasteiger charge is 2.19. The normalized spacial score (nSPS) is 13.3. The minimum Gasteiger partial charge on any atom is -0.354 e. The first-order valence-electron chi connectivity index (χ1n) is 7.42. The van der Waals surface area contributed by atoms with E-state index in [1.807, 2.05) is 37.3 Å². The maximum Gasteiger partial charge on any atom is 0.242 e. The van der Waals surface area contributed by atoms with Crippen molar-refractivity contribution in [3.8, 4) is 0 Å². The van der Waals surface area contributed by atoms with Crippen LogP contribution >= 0.6 is 0 Å². The molecule has 0 spiro atoms. The highest BCUT2D eigenvalue weighted by Crippen LogP contribution is 2.04. The first-order valence-corrected chi connectivity index (χ1v) is 7.42. The number of benzene rings is 1. The lowest BCUT2D eigenvalue weighted by molar-refractivity contribution is -0.129. The van der Waals surface area contributed by atoms with E-state index >= 15 is 0 Å². The number of hydrogen-bond donors (Lipinski definition) is 3. The quantitative estimate of drug-likeness (QED) is 0.667. The van der Waals surface area contributed by atoms with Gasteiger partial charge in [0.15, 0.2) is 0 Å². The van der Waals surface area contributed by atoms with Crippen LogP contribution in [0.1, 0.15) is 32.3 Å². The Morgan fingerprint density at radius 2 is 1.86 bits per heavy atom. The number of hydrogen-bond acceptors (Lipinski definition) is 3. The molecule has 0 radical (unpaired) electrons. The minimum absolute atomic E-state index is 0.180. The molecule has 5 nitrogen and oxygen atoms in total. The second kappa shape index (κ2) is 9.13. The van der Waals surface area contributed by atoms with Gasteiger partial charge >= 0.3 is 0 Å². The number of nitrogens with two attached hydrogens (primary N) is 1. The van der Waals surface area contributed by atoms with Crippen molar-refractivity contribution in [1.82, 2.24) is 10.6 Å². The molecule has 0 aliphatic heterocycles. The monoisotopic (exact) mass is 291 g/mol. The van der Waals surface area contributed by atoms with Gasteiger partial charge in [-0.05, 0) is 31.7 Å². The zero-order valence-corrected chi connectivity index (χ0v) is 12.8. The Labute approximate surface area is 126 Å². The molecular formula is C16H25N3O2. The molecule has 1 aromatic carbocycles. The predicted molar refractivity (Wildman–Crippen MR) is 83.6 cm³/mol. The molecule has 0 saturated carbocycles. The molecule has 0 aliphatic carbocycles. The van der Waals surface area contributed by atoms with E-state index < -0.39 is 12.1 Å². The van der Waals surface area contributed by atoms with Crippen LogP contribution in [-0.2, 0) is 16.0 Å². The summed E-state index contributed by atoms with van der Waals surface area (Å²) in [6.07, 6.45) is 2.16. The van der Waals surface area contributed by atoms with Crippen molar-refractivity contribution in [2.45, 2.75) is 45.2 Å². The van der Waals surface area contributed by atoms with E-state index in [4.69, 9.17) is 5.73 Å². The number of rotatable bonds is 8. The van der Waals surface area contributed by atoms with Crippen LogP contribution in [0.4, 0.5) is 0 Å². The number of aryl methyl sites for hydroxylation is 1. The van der Waals surface area contributed by atoms with Crippen LogP contribution < -0.4 is 16.4 Å². The standard InChI is InChI=1S/C16H25N3O2/c1-3-11-18-15(20)12(2)19-16(21)14(17)10-9-13-7-5-4-6-8-13/h4-8,12,14H,3,9-11,17H2,1-2H3,(H,18,20)(H,19,21)/t12?,14-/m0/s1. The fourth-order valence-corrected chi connectivity index (χ4v) is 1.89. The summed E-state index contributed by atoms with van der Waals surface area (Å²) in [6, 6.07) is 8.71. The number of amides is 2. The van der Waals surface area contributed by atoms with E-state index in [0.717, 1.165) is 18.4 Å². The molecule has 0 heterocycles. The molecule has 0 fully saturated rings. The van der Waals surface area contributed by atoms with Gasteiger partial charge in [-0.2, -0.15) is 0 Å². The van der Waals surface area contributed by atoms with Gasteiger partial charge in [-0.1, -0.05) is 37.3 Å². The molecule has 1 unspecified atom stereocenters. The zero-order chi connectivity index (χ0) is 15.7. The van der Waals surface area contributed by atoms with Crippen LogP contribution in [0.25, 0.3) is 0 Å². The third-order valence-electron chi connectivity index (χ3n) is 3.22. The molecule has 5 heteroatoms. The largest absolute Gasteiger partial charge is 0.354 e. The maximum atomic E-state index is 11.9. The molecule has 116 valence electrons. The average molecular weight is 291 g/mol.